The van der Waals surface area contributed by atoms with Gasteiger partial charge >= 0.3 is 5.65 Å². The van der Waals surface area contributed by atoms with Gasteiger partial charge in [0, 0.05) is 0 Å². The van der Waals surface area contributed by atoms with Gasteiger partial charge in [-0.25, -0.2) is 9.71 Å². The molecule has 0 unspecified atom stereocenters. The smallest absolute Gasteiger partial charge is 0.307 e. The van der Waals surface area contributed by atoms with Gasteiger partial charge in [-0.15, -0.1) is 0 Å². The molecule has 0 bridgehead atoms. The summed E-state index contributed by atoms with van der Waals surface area (Å²) >= 11 is 5.46. The van der Waals surface area contributed by atoms with Crippen molar-refractivity contribution in [3.05, 3.63) is 23.0 Å². The van der Waals surface area contributed by atoms with E-state index in [0.29, 0.717) is 10.2 Å². The van der Waals surface area contributed by atoms with Crippen LogP contribution in [-0.2, 0) is 0 Å². The summed E-state index contributed by atoms with van der Waals surface area (Å²) in [6.45, 7) is 0. The van der Waals surface area contributed by atoms with Crippen LogP contribution in [0.2, 0.25) is 5.28 Å². The maximum Gasteiger partial charge on any atom is 0.307 e. The molecule has 0 aliphatic rings. The van der Waals surface area contributed by atoms with Gasteiger partial charge in [-0.1, -0.05) is 4.98 Å². The maximum absolute atomic E-state index is 10.9. The van der Waals surface area contributed by atoms with E-state index in [1.54, 1.807) is 0 Å². The molecule has 2 rings (SSSR count). The number of fused-ring (bicyclic) bond motifs is 1. The molecule has 2 aromatic rings. The number of aromatic amines is 1. The topological polar surface area (TPSA) is 68.5 Å². The summed E-state index contributed by atoms with van der Waals surface area (Å²) in [6, 6.07) is 0. The lowest BCUT2D eigenvalue weighted by Gasteiger charge is -1.93. The SMILES string of the molecule is [O-][n+]1c[nH]c2cnc(Cl)nc21. The fourth-order valence-corrected chi connectivity index (χ4v) is 0.940. The first kappa shape index (κ1) is 6.36. The Kier molecular flexibility index (Phi) is 1.19. The molecule has 0 aliphatic carbocycles. The molecule has 1 N–H and O–H groups in total. The van der Waals surface area contributed by atoms with Gasteiger partial charge in [-0.3, -0.25) is 4.98 Å². The minimum absolute atomic E-state index is 0.0710. The summed E-state index contributed by atoms with van der Waals surface area (Å²) in [5, 5.41) is 10.9. The molecular weight excluding hydrogens is 168 g/mol. The highest BCUT2D eigenvalue weighted by atomic mass is 35.5. The van der Waals surface area contributed by atoms with Gasteiger partial charge in [-0.05, 0) is 11.6 Å². The fraction of sp³-hybridized carbons (Fsp3) is 0. The molecule has 0 fully saturated rings. The molecule has 2 aromatic heterocycles. The lowest BCUT2D eigenvalue weighted by atomic mass is 10.6. The Bertz CT molecular complexity index is 398. The van der Waals surface area contributed by atoms with Gasteiger partial charge in [0.05, 0.1) is 6.20 Å². The Morgan fingerprint density at radius 2 is 2.45 bits per heavy atom. The highest BCUT2D eigenvalue weighted by Crippen LogP contribution is 2.05. The molecular formula is C5H3ClN4O. The first-order valence-electron chi connectivity index (χ1n) is 2.86. The molecule has 56 valence electrons. The second-order valence-electron chi connectivity index (χ2n) is 1.98. The first-order valence-corrected chi connectivity index (χ1v) is 3.24. The minimum atomic E-state index is 0.0710. The number of rotatable bonds is 0. The predicted octanol–water partition coefficient (Wildman–Crippen LogP) is 0.245. The molecule has 11 heavy (non-hydrogen) atoms. The number of aromatic nitrogens is 4. The van der Waals surface area contributed by atoms with Crippen molar-refractivity contribution >= 4 is 22.8 Å². The van der Waals surface area contributed by atoms with Gasteiger partial charge in [0.1, 0.15) is 0 Å². The highest BCUT2D eigenvalue weighted by molar-refractivity contribution is 6.28. The number of nitrogens with one attached hydrogen (secondary N) is 1. The third kappa shape index (κ3) is 0.894. The summed E-state index contributed by atoms with van der Waals surface area (Å²) < 4.78 is 0.600. The highest BCUT2D eigenvalue weighted by Gasteiger charge is 2.07. The molecule has 0 saturated carbocycles. The first-order chi connectivity index (χ1) is 5.27. The van der Waals surface area contributed by atoms with Crippen molar-refractivity contribution in [2.75, 3.05) is 0 Å². The summed E-state index contributed by atoms with van der Waals surface area (Å²) in [5.41, 5.74) is 0.828. The van der Waals surface area contributed by atoms with Crippen molar-refractivity contribution in [3.63, 3.8) is 0 Å². The standard InChI is InChI=1S/C5H3ClN4O/c6-5-7-1-3-4(9-5)10(11)2-8-3/h1-2,8H. The van der Waals surface area contributed by atoms with E-state index in [1.807, 2.05) is 0 Å². The van der Waals surface area contributed by atoms with Crippen LogP contribution in [0.3, 0.4) is 0 Å². The third-order valence-electron chi connectivity index (χ3n) is 1.29. The van der Waals surface area contributed by atoms with Crippen molar-refractivity contribution < 1.29 is 4.73 Å². The predicted molar refractivity (Wildman–Crippen MR) is 37.9 cm³/mol. The van der Waals surface area contributed by atoms with Gasteiger partial charge < -0.3 is 5.21 Å². The van der Waals surface area contributed by atoms with Crippen LogP contribution in [0.1, 0.15) is 0 Å². The lowest BCUT2D eigenvalue weighted by molar-refractivity contribution is -0.578. The molecule has 2 heterocycles. The van der Waals surface area contributed by atoms with E-state index in [2.05, 4.69) is 15.0 Å². The number of imidazole rings is 1. The van der Waals surface area contributed by atoms with E-state index in [1.165, 1.54) is 12.5 Å². The number of nitrogens with zero attached hydrogens (tertiary/aromatic N) is 3. The molecule has 0 spiro atoms. The summed E-state index contributed by atoms with van der Waals surface area (Å²) in [6.07, 6.45) is 2.70. The average molecular weight is 171 g/mol. The van der Waals surface area contributed by atoms with Crippen molar-refractivity contribution in [1.82, 2.24) is 15.0 Å². The zero-order valence-corrected chi connectivity index (χ0v) is 6.04. The maximum atomic E-state index is 10.9. The number of halogens is 1. The van der Waals surface area contributed by atoms with E-state index in [0.717, 1.165) is 0 Å². The zero-order chi connectivity index (χ0) is 7.84. The Morgan fingerprint density at radius 1 is 1.64 bits per heavy atom. The number of H-pyrrole nitrogens is 1. The van der Waals surface area contributed by atoms with Gasteiger partial charge in [0.15, 0.2) is 11.8 Å². The van der Waals surface area contributed by atoms with Crippen LogP contribution in [0.4, 0.5) is 0 Å². The van der Waals surface area contributed by atoms with Gasteiger partial charge in [-0.2, -0.15) is 0 Å². The molecule has 0 aromatic carbocycles. The normalized spacial score (nSPS) is 10.6. The van der Waals surface area contributed by atoms with Crippen LogP contribution < -0.4 is 4.73 Å². The van der Waals surface area contributed by atoms with Crippen LogP contribution in [0.25, 0.3) is 11.2 Å². The fourth-order valence-electron chi connectivity index (χ4n) is 0.811. The van der Waals surface area contributed by atoms with E-state index in [4.69, 9.17) is 11.6 Å². The lowest BCUT2D eigenvalue weighted by Crippen LogP contribution is -2.23. The quantitative estimate of drug-likeness (QED) is 0.350. The molecule has 0 amide bonds. The van der Waals surface area contributed by atoms with E-state index < -0.39 is 0 Å². The van der Waals surface area contributed by atoms with Crippen LogP contribution in [0.15, 0.2) is 12.5 Å². The largest absolute Gasteiger partial charge is 0.740 e. The zero-order valence-electron chi connectivity index (χ0n) is 5.28. The molecule has 0 atom stereocenters. The van der Waals surface area contributed by atoms with Crippen LogP contribution in [-0.4, -0.2) is 15.0 Å². The minimum Gasteiger partial charge on any atom is -0.740 e. The van der Waals surface area contributed by atoms with E-state index >= 15 is 0 Å². The Hall–Kier alpha value is -1.36. The van der Waals surface area contributed by atoms with Crippen LogP contribution in [0.5, 0.6) is 0 Å². The van der Waals surface area contributed by atoms with Crippen molar-refractivity contribution in [2.24, 2.45) is 0 Å². The van der Waals surface area contributed by atoms with Crippen molar-refractivity contribution in [3.8, 4) is 0 Å². The second kappa shape index (κ2) is 2.06. The van der Waals surface area contributed by atoms with Crippen molar-refractivity contribution in [1.29, 1.82) is 0 Å². The van der Waals surface area contributed by atoms with Crippen molar-refractivity contribution in [2.45, 2.75) is 0 Å². The van der Waals surface area contributed by atoms with Gasteiger partial charge in [0.2, 0.25) is 0 Å². The monoisotopic (exact) mass is 170 g/mol. The molecule has 0 aliphatic heterocycles. The Labute approximate surface area is 66.2 Å². The molecule has 5 nitrogen and oxygen atoms in total. The van der Waals surface area contributed by atoms with E-state index in [-0.39, 0.29) is 10.9 Å². The molecule has 0 saturated heterocycles. The molecule has 6 heteroatoms. The van der Waals surface area contributed by atoms with Crippen LogP contribution >= 0.6 is 11.6 Å². The molecule has 0 radical (unpaired) electrons. The van der Waals surface area contributed by atoms with Crippen LogP contribution in [0, 0.1) is 5.21 Å². The second-order valence-corrected chi connectivity index (χ2v) is 2.31. The summed E-state index contributed by atoms with van der Waals surface area (Å²) in [4.78, 5) is 10.1. The van der Waals surface area contributed by atoms with E-state index in [9.17, 15) is 5.21 Å². The summed E-state index contributed by atoms with van der Waals surface area (Å²) in [5.74, 6) is 0. The average Bonchev–Trinajstić information content (AvgIpc) is 2.33. The summed E-state index contributed by atoms with van der Waals surface area (Å²) in [7, 11) is 0. The van der Waals surface area contributed by atoms with Gasteiger partial charge in [0.25, 0.3) is 5.28 Å². The number of hydrogen-bond acceptors (Lipinski definition) is 3. The Morgan fingerprint density at radius 3 is 3.27 bits per heavy atom. The Balaban J connectivity index is 2.87. The number of hydrogen-bond donors (Lipinski definition) is 1. The third-order valence-corrected chi connectivity index (χ3v) is 1.47.